The van der Waals surface area contributed by atoms with E-state index in [1.165, 1.54) is 12.1 Å². The third-order valence-electron chi connectivity index (χ3n) is 4.88. The fourth-order valence-electron chi connectivity index (χ4n) is 3.32. The standard InChI is InChI=1S/C20H17F6N7O/c21-19(22,23)14-5-1-4-13(29-14)16-30-17(28-11-6-7-27-15(9-11)20(24,25)26)32-18(31-16)33-8-2-3-12(34)10-33/h1,4-7,9,12,34H,2-3,8,10H2,(H,27,28,30,31,32)/t12-/m1/s1. The maximum absolute atomic E-state index is 13.1. The summed E-state index contributed by atoms with van der Waals surface area (Å²) in [6.07, 6.45) is -7.92. The topological polar surface area (TPSA) is 100.0 Å². The lowest BCUT2D eigenvalue weighted by Gasteiger charge is -2.30. The summed E-state index contributed by atoms with van der Waals surface area (Å²) in [5, 5.41) is 12.6. The molecule has 4 heterocycles. The molecule has 3 aromatic heterocycles. The predicted molar refractivity (Wildman–Crippen MR) is 108 cm³/mol. The molecule has 0 saturated carbocycles. The largest absolute Gasteiger partial charge is 0.433 e. The van der Waals surface area contributed by atoms with Crippen LogP contribution < -0.4 is 10.2 Å². The van der Waals surface area contributed by atoms with Crippen LogP contribution in [0.25, 0.3) is 11.5 Å². The van der Waals surface area contributed by atoms with Gasteiger partial charge in [0.2, 0.25) is 11.9 Å². The summed E-state index contributed by atoms with van der Waals surface area (Å²) < 4.78 is 78.4. The first-order valence-electron chi connectivity index (χ1n) is 10.0. The van der Waals surface area contributed by atoms with Gasteiger partial charge in [0.25, 0.3) is 0 Å². The fraction of sp³-hybridized carbons (Fsp3) is 0.350. The minimum Gasteiger partial charge on any atom is -0.391 e. The van der Waals surface area contributed by atoms with E-state index < -0.39 is 29.8 Å². The smallest absolute Gasteiger partial charge is 0.391 e. The van der Waals surface area contributed by atoms with Crippen molar-refractivity contribution in [2.24, 2.45) is 0 Å². The molecular formula is C20H17F6N7O. The number of hydrogen-bond donors (Lipinski definition) is 2. The molecule has 3 aromatic rings. The molecule has 8 nitrogen and oxygen atoms in total. The molecule has 1 fully saturated rings. The van der Waals surface area contributed by atoms with Crippen molar-refractivity contribution in [3.8, 4) is 11.5 Å². The number of nitrogens with zero attached hydrogens (tertiary/aromatic N) is 6. The molecule has 1 atom stereocenters. The zero-order chi connectivity index (χ0) is 24.5. The first-order chi connectivity index (χ1) is 16.0. The van der Waals surface area contributed by atoms with Crippen molar-refractivity contribution in [1.29, 1.82) is 0 Å². The molecule has 0 radical (unpaired) electrons. The number of halogens is 6. The number of pyridine rings is 2. The molecule has 2 N–H and O–H groups in total. The Hall–Kier alpha value is -3.55. The van der Waals surface area contributed by atoms with Crippen LogP contribution >= 0.6 is 0 Å². The number of aliphatic hydroxyl groups excluding tert-OH is 1. The highest BCUT2D eigenvalue weighted by Gasteiger charge is 2.34. The van der Waals surface area contributed by atoms with E-state index in [1.807, 2.05) is 0 Å². The number of anilines is 3. The van der Waals surface area contributed by atoms with Crippen molar-refractivity contribution in [2.45, 2.75) is 31.3 Å². The molecule has 0 aliphatic carbocycles. The third-order valence-corrected chi connectivity index (χ3v) is 4.88. The molecule has 0 spiro atoms. The Kier molecular flexibility index (Phi) is 6.25. The molecule has 180 valence electrons. The number of rotatable bonds is 4. The summed E-state index contributed by atoms with van der Waals surface area (Å²) in [6.45, 7) is 0.635. The van der Waals surface area contributed by atoms with Crippen LogP contribution in [0.5, 0.6) is 0 Å². The summed E-state index contributed by atoms with van der Waals surface area (Å²) in [5.41, 5.74) is -2.55. The van der Waals surface area contributed by atoms with Gasteiger partial charge in [0, 0.05) is 25.0 Å². The van der Waals surface area contributed by atoms with Crippen molar-refractivity contribution in [3.05, 3.63) is 47.9 Å². The Morgan fingerprint density at radius 3 is 2.41 bits per heavy atom. The summed E-state index contributed by atoms with van der Waals surface area (Å²) >= 11 is 0. The van der Waals surface area contributed by atoms with Gasteiger partial charge in [0.05, 0.1) is 6.10 Å². The van der Waals surface area contributed by atoms with E-state index >= 15 is 0 Å². The molecule has 34 heavy (non-hydrogen) atoms. The monoisotopic (exact) mass is 485 g/mol. The Morgan fingerprint density at radius 2 is 1.71 bits per heavy atom. The first kappa shape index (κ1) is 23.6. The molecule has 0 unspecified atom stereocenters. The lowest BCUT2D eigenvalue weighted by molar-refractivity contribution is -0.141. The minimum absolute atomic E-state index is 0.0376. The van der Waals surface area contributed by atoms with Crippen molar-refractivity contribution in [1.82, 2.24) is 24.9 Å². The van der Waals surface area contributed by atoms with Gasteiger partial charge in [0.15, 0.2) is 5.82 Å². The van der Waals surface area contributed by atoms with Crippen LogP contribution in [-0.4, -0.2) is 49.2 Å². The number of aliphatic hydroxyl groups is 1. The first-order valence-corrected chi connectivity index (χ1v) is 10.0. The molecule has 0 bridgehead atoms. The second-order valence-electron chi connectivity index (χ2n) is 7.48. The minimum atomic E-state index is -4.70. The van der Waals surface area contributed by atoms with Gasteiger partial charge in [-0.05, 0) is 37.1 Å². The summed E-state index contributed by atoms with van der Waals surface area (Å²) in [4.78, 5) is 21.0. The Bertz CT molecular complexity index is 1170. The normalized spacial score (nSPS) is 17.0. The Labute approximate surface area is 188 Å². The maximum Gasteiger partial charge on any atom is 0.433 e. The van der Waals surface area contributed by atoms with Gasteiger partial charge < -0.3 is 15.3 Å². The predicted octanol–water partition coefficient (Wildman–Crippen LogP) is 4.07. The number of nitrogens with one attached hydrogen (secondary N) is 1. The van der Waals surface area contributed by atoms with E-state index in [-0.39, 0.29) is 35.6 Å². The van der Waals surface area contributed by atoms with E-state index in [9.17, 15) is 31.4 Å². The third kappa shape index (κ3) is 5.50. The van der Waals surface area contributed by atoms with Crippen molar-refractivity contribution < 1.29 is 31.4 Å². The van der Waals surface area contributed by atoms with Crippen LogP contribution in [0.1, 0.15) is 24.2 Å². The maximum atomic E-state index is 13.1. The highest BCUT2D eigenvalue weighted by Crippen LogP contribution is 2.31. The fourth-order valence-corrected chi connectivity index (χ4v) is 3.32. The van der Waals surface area contributed by atoms with Gasteiger partial charge in [-0.2, -0.15) is 41.3 Å². The van der Waals surface area contributed by atoms with Crippen molar-refractivity contribution >= 4 is 17.6 Å². The van der Waals surface area contributed by atoms with Crippen molar-refractivity contribution in [3.63, 3.8) is 0 Å². The van der Waals surface area contributed by atoms with Crippen LogP contribution in [0.3, 0.4) is 0 Å². The SMILES string of the molecule is O[C@@H]1CCCN(c2nc(Nc3ccnc(C(F)(F)F)c3)nc(-c3cccc(C(F)(F)F)n3)n2)C1. The summed E-state index contributed by atoms with van der Waals surface area (Å²) in [7, 11) is 0. The van der Waals surface area contributed by atoms with Crippen LogP contribution in [0.2, 0.25) is 0 Å². The quantitative estimate of drug-likeness (QED) is 0.534. The van der Waals surface area contributed by atoms with Gasteiger partial charge in [-0.1, -0.05) is 6.07 Å². The summed E-state index contributed by atoms with van der Waals surface area (Å²) in [6, 6.07) is 5.21. The number of hydrogen-bond acceptors (Lipinski definition) is 8. The van der Waals surface area contributed by atoms with Crippen LogP contribution in [-0.2, 0) is 12.4 Å². The number of β-amino-alcohol motifs (C(OH)–C–C–N with tert-alkyl or cyclic N) is 1. The van der Waals surface area contributed by atoms with E-state index in [0.717, 1.165) is 24.4 Å². The molecule has 1 saturated heterocycles. The molecule has 0 aromatic carbocycles. The lowest BCUT2D eigenvalue weighted by Crippen LogP contribution is -2.39. The van der Waals surface area contributed by atoms with E-state index in [1.54, 1.807) is 4.90 Å². The van der Waals surface area contributed by atoms with E-state index in [0.29, 0.717) is 19.4 Å². The van der Waals surface area contributed by atoms with Crippen LogP contribution in [0.15, 0.2) is 36.5 Å². The number of aromatic nitrogens is 5. The lowest BCUT2D eigenvalue weighted by atomic mass is 10.1. The van der Waals surface area contributed by atoms with Crippen LogP contribution in [0, 0.1) is 0 Å². The second kappa shape index (κ2) is 9.00. The molecule has 4 rings (SSSR count). The van der Waals surface area contributed by atoms with Crippen molar-refractivity contribution in [2.75, 3.05) is 23.3 Å². The van der Waals surface area contributed by atoms with E-state index in [2.05, 4.69) is 30.2 Å². The molecular weight excluding hydrogens is 468 g/mol. The molecule has 1 aliphatic heterocycles. The second-order valence-corrected chi connectivity index (χ2v) is 7.48. The molecule has 1 aliphatic rings. The van der Waals surface area contributed by atoms with Gasteiger partial charge in [-0.25, -0.2) is 4.98 Å². The Morgan fingerprint density at radius 1 is 0.941 bits per heavy atom. The molecule has 0 amide bonds. The van der Waals surface area contributed by atoms with Gasteiger partial charge >= 0.3 is 12.4 Å². The molecule has 14 heteroatoms. The Balaban J connectivity index is 1.75. The van der Waals surface area contributed by atoms with Gasteiger partial charge in [-0.3, -0.25) is 4.98 Å². The highest BCUT2D eigenvalue weighted by molar-refractivity contribution is 5.59. The average Bonchev–Trinajstić information content (AvgIpc) is 2.78. The number of alkyl halides is 6. The summed E-state index contributed by atoms with van der Waals surface area (Å²) in [5.74, 6) is -0.391. The average molecular weight is 485 g/mol. The van der Waals surface area contributed by atoms with Gasteiger partial charge in [-0.15, -0.1) is 0 Å². The van der Waals surface area contributed by atoms with Crippen LogP contribution in [0.4, 0.5) is 43.9 Å². The zero-order valence-electron chi connectivity index (χ0n) is 17.3. The van der Waals surface area contributed by atoms with Gasteiger partial charge in [0.1, 0.15) is 17.1 Å². The number of piperidine rings is 1. The zero-order valence-corrected chi connectivity index (χ0v) is 17.3. The van der Waals surface area contributed by atoms with E-state index in [4.69, 9.17) is 0 Å². The highest BCUT2D eigenvalue weighted by atomic mass is 19.4.